The van der Waals surface area contributed by atoms with Crippen molar-refractivity contribution in [1.29, 1.82) is 0 Å². The standard InChI is InChI=1S/C13H17F3N4O3/c1-22-7-6-18-11(21)8-19-12(17)20-9-2-4-10(5-3-9)23-13(14,15)16/h2-5H,6-8H2,1H3,(H,18,21)(H3,17,19,20). The smallest absolute Gasteiger partial charge is 0.406 e. The Labute approximate surface area is 130 Å². The number of benzene rings is 1. The molecule has 1 aromatic carbocycles. The fourth-order valence-corrected chi connectivity index (χ4v) is 1.43. The first-order chi connectivity index (χ1) is 10.8. The van der Waals surface area contributed by atoms with Crippen molar-refractivity contribution in [3.05, 3.63) is 24.3 Å². The SMILES string of the molecule is COCCNC(=O)CN=C(N)Nc1ccc(OC(F)(F)F)cc1. The van der Waals surface area contributed by atoms with Crippen molar-refractivity contribution in [3.8, 4) is 5.75 Å². The van der Waals surface area contributed by atoms with Crippen molar-refractivity contribution in [3.63, 3.8) is 0 Å². The number of methoxy groups -OCH3 is 1. The van der Waals surface area contributed by atoms with Gasteiger partial charge >= 0.3 is 6.36 Å². The Morgan fingerprint density at radius 1 is 1.30 bits per heavy atom. The number of ether oxygens (including phenoxy) is 2. The molecule has 0 heterocycles. The summed E-state index contributed by atoms with van der Waals surface area (Å²) in [5.41, 5.74) is 5.97. The number of guanidine groups is 1. The Kier molecular flexibility index (Phi) is 7.13. The number of alkyl halides is 3. The summed E-state index contributed by atoms with van der Waals surface area (Å²) in [6, 6.07) is 4.92. The molecule has 0 saturated carbocycles. The van der Waals surface area contributed by atoms with Crippen LogP contribution in [0.3, 0.4) is 0 Å². The Morgan fingerprint density at radius 2 is 1.96 bits per heavy atom. The molecular formula is C13H17F3N4O3. The highest BCUT2D eigenvalue weighted by molar-refractivity contribution is 5.93. The number of halogens is 3. The first-order valence-corrected chi connectivity index (χ1v) is 6.48. The molecule has 0 aromatic heterocycles. The molecule has 128 valence electrons. The summed E-state index contributed by atoms with van der Waals surface area (Å²) in [5, 5.41) is 5.20. The molecule has 0 spiro atoms. The molecule has 1 rings (SSSR count). The lowest BCUT2D eigenvalue weighted by atomic mass is 10.3. The molecule has 1 aromatic rings. The number of amides is 1. The second-order valence-corrected chi connectivity index (χ2v) is 4.24. The Balaban J connectivity index is 2.45. The minimum Gasteiger partial charge on any atom is -0.406 e. The summed E-state index contributed by atoms with van der Waals surface area (Å²) in [4.78, 5) is 15.2. The van der Waals surface area contributed by atoms with E-state index in [9.17, 15) is 18.0 Å². The van der Waals surface area contributed by atoms with Gasteiger partial charge in [0.1, 0.15) is 12.3 Å². The Bertz CT molecular complexity index is 532. The van der Waals surface area contributed by atoms with Crippen LogP contribution in [0.1, 0.15) is 0 Å². The third kappa shape index (κ3) is 8.51. The molecule has 4 N–H and O–H groups in total. The van der Waals surface area contributed by atoms with Gasteiger partial charge in [0.25, 0.3) is 0 Å². The predicted molar refractivity (Wildman–Crippen MR) is 78.1 cm³/mol. The van der Waals surface area contributed by atoms with Crippen LogP contribution in [0.15, 0.2) is 29.3 Å². The van der Waals surface area contributed by atoms with Crippen molar-refractivity contribution >= 4 is 17.6 Å². The number of hydrogen-bond donors (Lipinski definition) is 3. The van der Waals surface area contributed by atoms with Crippen molar-refractivity contribution < 1.29 is 27.4 Å². The van der Waals surface area contributed by atoms with Gasteiger partial charge in [0.05, 0.1) is 6.61 Å². The zero-order chi connectivity index (χ0) is 17.3. The van der Waals surface area contributed by atoms with Gasteiger partial charge in [0, 0.05) is 19.3 Å². The molecule has 0 radical (unpaired) electrons. The van der Waals surface area contributed by atoms with Crippen LogP contribution in [-0.2, 0) is 9.53 Å². The van der Waals surface area contributed by atoms with Crippen molar-refractivity contribution in [2.24, 2.45) is 10.7 Å². The molecule has 1 amide bonds. The topological polar surface area (TPSA) is 98.0 Å². The van der Waals surface area contributed by atoms with E-state index in [1.54, 1.807) is 0 Å². The fraction of sp³-hybridized carbons (Fsp3) is 0.385. The third-order valence-electron chi connectivity index (χ3n) is 2.38. The summed E-state index contributed by atoms with van der Waals surface area (Å²) in [7, 11) is 1.51. The predicted octanol–water partition coefficient (Wildman–Crippen LogP) is 1.07. The van der Waals surface area contributed by atoms with E-state index < -0.39 is 6.36 Å². The second-order valence-electron chi connectivity index (χ2n) is 4.24. The zero-order valence-electron chi connectivity index (χ0n) is 12.3. The summed E-state index contributed by atoms with van der Waals surface area (Å²) in [5.74, 6) is -0.729. The van der Waals surface area contributed by atoms with E-state index in [0.717, 1.165) is 12.1 Å². The minimum absolute atomic E-state index is 0.0450. The van der Waals surface area contributed by atoms with Gasteiger partial charge in [-0.25, -0.2) is 4.99 Å². The number of aliphatic imine (C=N–C) groups is 1. The third-order valence-corrected chi connectivity index (χ3v) is 2.38. The molecule has 0 saturated heterocycles. The van der Waals surface area contributed by atoms with Gasteiger partial charge in [0.15, 0.2) is 5.96 Å². The highest BCUT2D eigenvalue weighted by Gasteiger charge is 2.30. The number of carbonyl (C=O) groups is 1. The van der Waals surface area contributed by atoms with Crippen molar-refractivity contribution in [1.82, 2.24) is 5.32 Å². The van der Waals surface area contributed by atoms with Crippen LogP contribution in [0, 0.1) is 0 Å². The number of nitrogens with one attached hydrogen (secondary N) is 2. The number of nitrogens with zero attached hydrogens (tertiary/aromatic N) is 1. The monoisotopic (exact) mass is 334 g/mol. The summed E-state index contributed by atoms with van der Waals surface area (Å²) in [6.07, 6.45) is -4.74. The molecule has 0 aliphatic rings. The second kappa shape index (κ2) is 8.83. The number of nitrogens with two attached hydrogens (primary N) is 1. The fourth-order valence-electron chi connectivity index (χ4n) is 1.43. The van der Waals surface area contributed by atoms with Crippen molar-refractivity contribution in [2.45, 2.75) is 6.36 Å². The lowest BCUT2D eigenvalue weighted by Crippen LogP contribution is -2.31. The molecule has 0 aliphatic heterocycles. The first-order valence-electron chi connectivity index (χ1n) is 6.48. The van der Waals surface area contributed by atoms with E-state index in [0.29, 0.717) is 18.8 Å². The van der Waals surface area contributed by atoms with Crippen LogP contribution < -0.4 is 21.1 Å². The van der Waals surface area contributed by atoms with Gasteiger partial charge in [0.2, 0.25) is 5.91 Å². The van der Waals surface area contributed by atoms with Gasteiger partial charge in [-0.2, -0.15) is 0 Å². The summed E-state index contributed by atoms with van der Waals surface area (Å²) in [6.45, 7) is 0.562. The maximum absolute atomic E-state index is 12.0. The molecule has 23 heavy (non-hydrogen) atoms. The molecule has 0 atom stereocenters. The van der Waals surface area contributed by atoms with E-state index >= 15 is 0 Å². The quantitative estimate of drug-likeness (QED) is 0.394. The maximum atomic E-state index is 12.0. The molecule has 0 aliphatic carbocycles. The zero-order valence-corrected chi connectivity index (χ0v) is 12.3. The molecular weight excluding hydrogens is 317 g/mol. The van der Waals surface area contributed by atoms with E-state index in [4.69, 9.17) is 10.5 Å². The van der Waals surface area contributed by atoms with E-state index in [-0.39, 0.29) is 24.2 Å². The van der Waals surface area contributed by atoms with Gasteiger partial charge in [-0.3, -0.25) is 4.79 Å². The summed E-state index contributed by atoms with van der Waals surface area (Å²) < 4.78 is 44.6. The van der Waals surface area contributed by atoms with Crippen LogP contribution in [0.25, 0.3) is 0 Å². The molecule has 10 heteroatoms. The van der Waals surface area contributed by atoms with Crippen LogP contribution in [0.2, 0.25) is 0 Å². The van der Waals surface area contributed by atoms with Gasteiger partial charge in [-0.15, -0.1) is 13.2 Å². The van der Waals surface area contributed by atoms with Crippen LogP contribution >= 0.6 is 0 Å². The average Bonchev–Trinajstić information content (AvgIpc) is 2.46. The molecule has 0 fully saturated rings. The number of hydrogen-bond acceptors (Lipinski definition) is 4. The van der Waals surface area contributed by atoms with Gasteiger partial charge in [-0.05, 0) is 24.3 Å². The number of carbonyl (C=O) groups excluding carboxylic acids is 1. The van der Waals surface area contributed by atoms with E-state index in [2.05, 4.69) is 20.4 Å². The number of rotatable bonds is 7. The average molecular weight is 334 g/mol. The Hall–Kier alpha value is -2.49. The highest BCUT2D eigenvalue weighted by atomic mass is 19.4. The number of anilines is 1. The molecule has 7 nitrogen and oxygen atoms in total. The maximum Gasteiger partial charge on any atom is 0.573 e. The van der Waals surface area contributed by atoms with Gasteiger partial charge < -0.3 is 25.8 Å². The normalized spacial score (nSPS) is 11.9. The van der Waals surface area contributed by atoms with E-state index in [1.807, 2.05) is 0 Å². The largest absolute Gasteiger partial charge is 0.573 e. The van der Waals surface area contributed by atoms with Gasteiger partial charge in [-0.1, -0.05) is 0 Å². The minimum atomic E-state index is -4.74. The molecule has 0 bridgehead atoms. The molecule has 0 unspecified atom stereocenters. The van der Waals surface area contributed by atoms with Crippen molar-refractivity contribution in [2.75, 3.05) is 32.1 Å². The van der Waals surface area contributed by atoms with E-state index in [1.165, 1.54) is 19.2 Å². The van der Waals surface area contributed by atoms with Crippen LogP contribution in [0.5, 0.6) is 5.75 Å². The highest BCUT2D eigenvalue weighted by Crippen LogP contribution is 2.23. The lowest BCUT2D eigenvalue weighted by Gasteiger charge is -2.10. The van der Waals surface area contributed by atoms with Crippen LogP contribution in [-0.4, -0.2) is 45.0 Å². The Morgan fingerprint density at radius 3 is 2.52 bits per heavy atom. The summed E-state index contributed by atoms with van der Waals surface area (Å²) >= 11 is 0. The lowest BCUT2D eigenvalue weighted by molar-refractivity contribution is -0.274. The first kappa shape index (κ1) is 18.6. The van der Waals surface area contributed by atoms with Crippen LogP contribution in [0.4, 0.5) is 18.9 Å².